The second kappa shape index (κ2) is 33.7. The molecule has 1 atom stereocenters. The first kappa shape index (κ1) is 47.8. The zero-order valence-corrected chi connectivity index (χ0v) is 33.2. The molecule has 0 aliphatic rings. The van der Waals surface area contributed by atoms with E-state index in [9.17, 15) is 0 Å². The minimum Gasteiger partial charge on any atom is -0.351 e. The summed E-state index contributed by atoms with van der Waals surface area (Å²) in [5, 5.41) is 0. The zero-order chi connectivity index (χ0) is 27.6. The maximum Gasteiger partial charge on any atom is 1.00 e. The topological polar surface area (TPSA) is 12.4 Å². The number of rotatable bonds is 8. The molecule has 0 spiro atoms. The van der Waals surface area contributed by atoms with E-state index in [1.807, 2.05) is 47.6 Å². The Hall–Kier alpha value is 0.682. The summed E-state index contributed by atoms with van der Waals surface area (Å²) in [5.41, 5.74) is 2.94. The van der Waals surface area contributed by atoms with Gasteiger partial charge in [0.15, 0.2) is 0 Å². The fourth-order valence-corrected chi connectivity index (χ4v) is 1.66. The van der Waals surface area contributed by atoms with Gasteiger partial charge < -0.3 is 4.99 Å². The Morgan fingerprint density at radius 2 is 1.35 bits per heavy atom. The van der Waals surface area contributed by atoms with Gasteiger partial charge in [-0.3, -0.25) is 6.08 Å². The molecule has 0 amide bonds. The molecule has 1 unspecified atom stereocenters. The van der Waals surface area contributed by atoms with E-state index in [0.717, 1.165) is 34.6 Å². The van der Waals surface area contributed by atoms with Crippen molar-refractivity contribution in [1.29, 1.82) is 0 Å². The Balaban J connectivity index is -0.0000000921. The molecule has 0 bridgehead atoms. The number of nitrogens with zero attached hydrogens (tertiary/aromatic N) is 1. The summed E-state index contributed by atoms with van der Waals surface area (Å²) in [6, 6.07) is 0. The first-order valence-corrected chi connectivity index (χ1v) is 13.3. The summed E-state index contributed by atoms with van der Waals surface area (Å²) in [7, 11) is 0. The van der Waals surface area contributed by atoms with Gasteiger partial charge in [0, 0.05) is 6.21 Å². The summed E-state index contributed by atoms with van der Waals surface area (Å²) in [5.74, 6) is 2.63. The van der Waals surface area contributed by atoms with Gasteiger partial charge in [-0.2, -0.15) is 0 Å². The van der Waals surface area contributed by atoms with Gasteiger partial charge in [-0.05, 0) is 23.3 Å². The number of hydrogen-bond donors (Lipinski definition) is 0. The average molecular weight is 596 g/mol. The van der Waals surface area contributed by atoms with E-state index in [1.54, 1.807) is 12.3 Å². The Morgan fingerprint density at radius 3 is 1.62 bits per heavy atom. The third kappa shape index (κ3) is 49.7. The van der Waals surface area contributed by atoms with Gasteiger partial charge in [0.2, 0.25) is 0 Å². The molecule has 0 aromatic carbocycles. The Kier molecular flexibility index (Phi) is 47.4. The van der Waals surface area contributed by atoms with Crippen molar-refractivity contribution in [2.75, 3.05) is 0 Å². The SMILES string of the molecule is C=CC(=C)C=NC(C=[C-]C(C)(C)C)=C(C)C.CC.CC.CC(C)C.CCCCC(C)C(C)C.[Cs+]. The monoisotopic (exact) mass is 595 g/mol. The first-order valence-electron chi connectivity index (χ1n) is 13.3. The molecule has 198 valence electrons. The third-order valence-electron chi connectivity index (χ3n) is 3.94. The Morgan fingerprint density at radius 1 is 0.941 bits per heavy atom. The molecule has 1 nitrogen and oxygen atoms in total. The molecule has 0 aromatic rings. The van der Waals surface area contributed by atoms with Crippen LogP contribution in [0.4, 0.5) is 0 Å². The molecule has 0 saturated carbocycles. The van der Waals surface area contributed by atoms with E-state index in [4.69, 9.17) is 0 Å². The smallest absolute Gasteiger partial charge is 0.351 e. The standard InChI is InChI=1S/C15H22N.C9H20.C4H10.2C2H6.Cs/c1-8-13(4)11-16-14(12(2)3)9-10-15(5,6)7;1-5-6-7-9(4)8(2)3;1-4(2)3;2*1-2;/h8-9,11H,1,4H2,2-3,5-7H3;8-9H,5-7H2,1-4H3;4H,1-3H3;2*1-2H3;/q-1;;;;;+1. The minimum absolute atomic E-state index is 0. The maximum absolute atomic E-state index is 4.36. The van der Waals surface area contributed by atoms with Crippen LogP contribution >= 0.6 is 0 Å². The second-order valence-corrected chi connectivity index (χ2v) is 10.1. The zero-order valence-electron chi connectivity index (χ0n) is 26.9. The molecule has 0 saturated heterocycles. The number of unbranched alkanes of at least 4 members (excludes halogenated alkanes) is 1. The van der Waals surface area contributed by atoms with E-state index >= 15 is 0 Å². The van der Waals surface area contributed by atoms with Crippen molar-refractivity contribution in [3.63, 3.8) is 0 Å². The van der Waals surface area contributed by atoms with Crippen LogP contribution < -0.4 is 68.9 Å². The summed E-state index contributed by atoms with van der Waals surface area (Å²) in [6.07, 6.45) is 12.8. The molecule has 0 aliphatic heterocycles. The van der Waals surface area contributed by atoms with Gasteiger partial charge in [-0.1, -0.05) is 160 Å². The van der Waals surface area contributed by atoms with Crippen molar-refractivity contribution >= 4 is 6.21 Å². The predicted molar refractivity (Wildman–Crippen MR) is 160 cm³/mol. The van der Waals surface area contributed by atoms with Crippen molar-refractivity contribution < 1.29 is 68.9 Å². The second-order valence-electron chi connectivity index (χ2n) is 10.1. The van der Waals surface area contributed by atoms with Crippen LogP contribution in [0, 0.1) is 29.2 Å². The molecule has 34 heavy (non-hydrogen) atoms. The number of hydrogen-bond acceptors (Lipinski definition) is 1. The fraction of sp³-hybridized carbons (Fsp3) is 0.719. The van der Waals surface area contributed by atoms with Gasteiger partial charge >= 0.3 is 68.9 Å². The minimum atomic E-state index is 0. The molecule has 0 heterocycles. The summed E-state index contributed by atoms with van der Waals surface area (Å²) in [6.45, 7) is 41.5. The van der Waals surface area contributed by atoms with Crippen molar-refractivity contribution in [2.24, 2.45) is 28.2 Å². The van der Waals surface area contributed by atoms with Crippen LogP contribution in [0.1, 0.15) is 130 Å². The van der Waals surface area contributed by atoms with Gasteiger partial charge in [0.25, 0.3) is 0 Å². The quantitative estimate of drug-likeness (QED) is 0.151. The van der Waals surface area contributed by atoms with E-state index in [1.165, 1.54) is 19.3 Å². The number of aliphatic imine (C=N–C) groups is 1. The van der Waals surface area contributed by atoms with Crippen molar-refractivity contribution in [3.8, 4) is 0 Å². The number of allylic oxidation sites excluding steroid dienone is 5. The van der Waals surface area contributed by atoms with Crippen molar-refractivity contribution in [1.82, 2.24) is 0 Å². The van der Waals surface area contributed by atoms with Crippen LogP contribution in [0.15, 0.2) is 47.1 Å². The van der Waals surface area contributed by atoms with Gasteiger partial charge in [0.1, 0.15) is 0 Å². The van der Waals surface area contributed by atoms with Crippen LogP contribution in [0.5, 0.6) is 0 Å². The molecular weight excluding hydrogens is 531 g/mol. The Bertz CT molecular complexity index is 507. The molecule has 0 aliphatic carbocycles. The largest absolute Gasteiger partial charge is 1.00 e. The summed E-state index contributed by atoms with van der Waals surface area (Å²) in [4.78, 5) is 4.36. The van der Waals surface area contributed by atoms with E-state index < -0.39 is 0 Å². The Labute approximate surface area is 278 Å². The van der Waals surface area contributed by atoms with Gasteiger partial charge in [-0.15, -0.1) is 5.57 Å². The van der Waals surface area contributed by atoms with Crippen molar-refractivity contribution in [3.05, 3.63) is 48.2 Å². The summed E-state index contributed by atoms with van der Waals surface area (Å²) >= 11 is 0. The van der Waals surface area contributed by atoms with Crippen molar-refractivity contribution in [2.45, 2.75) is 130 Å². The normalized spacial score (nSPS) is 10.9. The first-order chi connectivity index (χ1) is 15.2. The molecule has 0 aromatic heterocycles. The van der Waals surface area contributed by atoms with E-state index in [-0.39, 0.29) is 74.3 Å². The van der Waals surface area contributed by atoms with E-state index in [2.05, 4.69) is 93.5 Å². The average Bonchev–Trinajstić information content (AvgIpc) is 2.73. The van der Waals surface area contributed by atoms with Crippen LogP contribution in [-0.2, 0) is 0 Å². The van der Waals surface area contributed by atoms with Gasteiger partial charge in [0.05, 0.1) is 0 Å². The van der Waals surface area contributed by atoms with Crippen LogP contribution in [0.25, 0.3) is 0 Å². The van der Waals surface area contributed by atoms with Crippen LogP contribution in [0.3, 0.4) is 0 Å². The maximum atomic E-state index is 4.36. The van der Waals surface area contributed by atoms with E-state index in [0.29, 0.717) is 0 Å². The predicted octanol–water partition coefficient (Wildman–Crippen LogP) is 8.69. The molecular formula is C32H64CsN. The van der Waals surface area contributed by atoms with Gasteiger partial charge in [-0.25, -0.2) is 6.08 Å². The fourth-order valence-electron chi connectivity index (χ4n) is 1.66. The van der Waals surface area contributed by atoms with Crippen LogP contribution in [0.2, 0.25) is 0 Å². The molecule has 2 heteroatoms. The summed E-state index contributed by atoms with van der Waals surface area (Å²) < 4.78 is 0. The molecule has 0 rings (SSSR count). The molecule has 0 radical (unpaired) electrons. The molecule has 0 N–H and O–H groups in total. The third-order valence-corrected chi connectivity index (χ3v) is 3.94. The molecule has 0 fully saturated rings. The van der Waals surface area contributed by atoms with Crippen LogP contribution in [-0.4, -0.2) is 6.21 Å².